The lowest BCUT2D eigenvalue weighted by molar-refractivity contribution is 0.0691. The van der Waals surface area contributed by atoms with Crippen LogP contribution < -0.4 is 5.32 Å². The van der Waals surface area contributed by atoms with E-state index in [-0.39, 0.29) is 23.6 Å². The van der Waals surface area contributed by atoms with Crippen molar-refractivity contribution in [2.75, 3.05) is 20.1 Å². The topological polar surface area (TPSA) is 63.1 Å². The summed E-state index contributed by atoms with van der Waals surface area (Å²) in [6, 6.07) is 10.1. The standard InChI is InChI=1S/C19H20FN5OS/c1-24(14-7-9-21-10-8-14)19(26)17-22-18(16-6-3-11-27-16)25(23-17)15-5-2-4-13(20)12-15/h2-6,11-12,14,21H,7-10H2,1H3. The third kappa shape index (κ3) is 3.63. The smallest absolute Gasteiger partial charge is 0.293 e. The molecule has 3 aromatic rings. The molecule has 3 heterocycles. The third-order valence-corrected chi connectivity index (χ3v) is 5.64. The van der Waals surface area contributed by atoms with E-state index in [1.807, 2.05) is 17.5 Å². The average Bonchev–Trinajstić information content (AvgIpc) is 3.37. The maximum Gasteiger partial charge on any atom is 0.293 e. The maximum atomic E-state index is 13.7. The Morgan fingerprint density at radius 2 is 2.11 bits per heavy atom. The van der Waals surface area contributed by atoms with Crippen molar-refractivity contribution >= 4 is 17.2 Å². The zero-order chi connectivity index (χ0) is 18.8. The molecule has 140 valence electrons. The largest absolute Gasteiger partial charge is 0.336 e. The van der Waals surface area contributed by atoms with Crippen molar-refractivity contribution in [3.8, 4) is 16.4 Å². The second-order valence-corrected chi connectivity index (χ2v) is 7.47. The van der Waals surface area contributed by atoms with Crippen molar-refractivity contribution in [2.45, 2.75) is 18.9 Å². The molecule has 27 heavy (non-hydrogen) atoms. The molecule has 0 spiro atoms. The van der Waals surface area contributed by atoms with Crippen LogP contribution in [0.5, 0.6) is 0 Å². The minimum atomic E-state index is -0.361. The number of carbonyl (C=O) groups excluding carboxylic acids is 1. The first-order chi connectivity index (χ1) is 13.1. The zero-order valence-electron chi connectivity index (χ0n) is 14.9. The number of rotatable bonds is 4. The highest BCUT2D eigenvalue weighted by atomic mass is 32.1. The van der Waals surface area contributed by atoms with Crippen molar-refractivity contribution < 1.29 is 9.18 Å². The van der Waals surface area contributed by atoms with E-state index in [0.717, 1.165) is 30.8 Å². The molecule has 8 heteroatoms. The van der Waals surface area contributed by atoms with Crippen molar-refractivity contribution in [3.63, 3.8) is 0 Å². The molecule has 0 aliphatic carbocycles. The molecule has 2 aromatic heterocycles. The number of nitrogens with one attached hydrogen (secondary N) is 1. The van der Waals surface area contributed by atoms with E-state index in [4.69, 9.17) is 0 Å². The van der Waals surface area contributed by atoms with E-state index >= 15 is 0 Å². The Morgan fingerprint density at radius 3 is 2.81 bits per heavy atom. The number of hydrogen-bond donors (Lipinski definition) is 1. The van der Waals surface area contributed by atoms with E-state index in [1.54, 1.807) is 28.8 Å². The van der Waals surface area contributed by atoms with Gasteiger partial charge in [-0.2, -0.15) is 0 Å². The summed E-state index contributed by atoms with van der Waals surface area (Å²) in [6.45, 7) is 1.79. The average molecular weight is 385 g/mol. The minimum absolute atomic E-state index is 0.128. The van der Waals surface area contributed by atoms with Crippen molar-refractivity contribution in [1.82, 2.24) is 25.0 Å². The Labute approximate surface area is 160 Å². The van der Waals surface area contributed by atoms with Gasteiger partial charge in [-0.1, -0.05) is 12.1 Å². The monoisotopic (exact) mass is 385 g/mol. The van der Waals surface area contributed by atoms with Crippen LogP contribution in [-0.2, 0) is 0 Å². The summed E-state index contributed by atoms with van der Waals surface area (Å²) in [4.78, 5) is 20.1. The predicted molar refractivity (Wildman–Crippen MR) is 103 cm³/mol. The van der Waals surface area contributed by atoms with Crippen molar-refractivity contribution in [2.24, 2.45) is 0 Å². The summed E-state index contributed by atoms with van der Waals surface area (Å²) in [5.74, 6) is 0.0936. The molecular formula is C19H20FN5OS. The summed E-state index contributed by atoms with van der Waals surface area (Å²) >= 11 is 1.50. The van der Waals surface area contributed by atoms with Crippen molar-refractivity contribution in [3.05, 3.63) is 53.4 Å². The van der Waals surface area contributed by atoms with Crippen molar-refractivity contribution in [1.29, 1.82) is 0 Å². The SMILES string of the molecule is CN(C(=O)c1nc(-c2cccs2)n(-c2cccc(F)c2)n1)C1CCNCC1. The van der Waals surface area contributed by atoms with Gasteiger partial charge in [-0.05, 0) is 55.6 Å². The van der Waals surface area contributed by atoms with Crippen LogP contribution in [-0.4, -0.2) is 51.8 Å². The van der Waals surface area contributed by atoms with Crippen LogP contribution in [0.15, 0.2) is 41.8 Å². The lowest BCUT2D eigenvalue weighted by Crippen LogP contribution is -2.44. The minimum Gasteiger partial charge on any atom is -0.336 e. The number of piperidine rings is 1. The van der Waals surface area contributed by atoms with E-state index in [1.165, 1.54) is 23.5 Å². The maximum absolute atomic E-state index is 13.7. The quantitative estimate of drug-likeness (QED) is 0.750. The van der Waals surface area contributed by atoms with Crippen LogP contribution in [0, 0.1) is 5.82 Å². The van der Waals surface area contributed by atoms with E-state index < -0.39 is 0 Å². The second kappa shape index (κ2) is 7.58. The number of benzene rings is 1. The summed E-state index contributed by atoms with van der Waals surface area (Å²) < 4.78 is 15.3. The predicted octanol–water partition coefficient (Wildman–Crippen LogP) is 2.96. The molecule has 6 nitrogen and oxygen atoms in total. The van der Waals surface area contributed by atoms with Crippen LogP contribution in [0.4, 0.5) is 4.39 Å². The van der Waals surface area contributed by atoms with Gasteiger partial charge in [0, 0.05) is 13.1 Å². The summed E-state index contributed by atoms with van der Waals surface area (Å²) in [7, 11) is 1.80. The summed E-state index contributed by atoms with van der Waals surface area (Å²) in [5, 5.41) is 9.66. The Morgan fingerprint density at radius 1 is 1.30 bits per heavy atom. The van der Waals surface area contributed by atoms with Gasteiger partial charge in [-0.15, -0.1) is 16.4 Å². The van der Waals surface area contributed by atoms with Crippen LogP contribution in [0.25, 0.3) is 16.4 Å². The number of halogens is 1. The van der Waals surface area contributed by atoms with Gasteiger partial charge in [-0.3, -0.25) is 4.79 Å². The Bertz CT molecular complexity index is 933. The summed E-state index contributed by atoms with van der Waals surface area (Å²) in [5.41, 5.74) is 0.537. The molecule has 1 aliphatic heterocycles. The van der Waals surface area contributed by atoms with E-state index in [0.29, 0.717) is 11.5 Å². The molecule has 1 N–H and O–H groups in total. The van der Waals surface area contributed by atoms with Gasteiger partial charge in [0.05, 0.1) is 10.6 Å². The number of thiophene rings is 1. The summed E-state index contributed by atoms with van der Waals surface area (Å²) in [6.07, 6.45) is 1.81. The molecule has 0 saturated carbocycles. The van der Waals surface area contributed by atoms with Gasteiger partial charge in [-0.25, -0.2) is 14.1 Å². The van der Waals surface area contributed by atoms with Gasteiger partial charge in [0.25, 0.3) is 5.91 Å². The van der Waals surface area contributed by atoms with Gasteiger partial charge in [0.1, 0.15) is 5.82 Å². The zero-order valence-corrected chi connectivity index (χ0v) is 15.7. The fourth-order valence-electron chi connectivity index (χ4n) is 3.27. The molecule has 1 amide bonds. The van der Waals surface area contributed by atoms with Crippen LogP contribution in [0.1, 0.15) is 23.5 Å². The third-order valence-electron chi connectivity index (χ3n) is 4.77. The number of amides is 1. The highest BCUT2D eigenvalue weighted by Crippen LogP contribution is 2.26. The molecular weight excluding hydrogens is 365 g/mol. The first kappa shape index (κ1) is 17.8. The number of carbonyl (C=O) groups is 1. The number of hydrogen-bond acceptors (Lipinski definition) is 5. The molecule has 0 bridgehead atoms. The fourth-order valence-corrected chi connectivity index (χ4v) is 3.97. The van der Waals surface area contributed by atoms with E-state index in [2.05, 4.69) is 15.4 Å². The first-order valence-electron chi connectivity index (χ1n) is 8.88. The molecule has 4 rings (SSSR count). The van der Waals surface area contributed by atoms with E-state index in [9.17, 15) is 9.18 Å². The highest BCUT2D eigenvalue weighted by Gasteiger charge is 2.27. The lowest BCUT2D eigenvalue weighted by Gasteiger charge is -2.30. The van der Waals surface area contributed by atoms with Gasteiger partial charge >= 0.3 is 0 Å². The van der Waals surface area contributed by atoms with Gasteiger partial charge in [0.15, 0.2) is 5.82 Å². The molecule has 0 radical (unpaired) electrons. The van der Waals surface area contributed by atoms with Crippen LogP contribution in [0.3, 0.4) is 0 Å². The Balaban J connectivity index is 1.72. The first-order valence-corrected chi connectivity index (χ1v) is 9.76. The van der Waals surface area contributed by atoms with Gasteiger partial charge < -0.3 is 10.2 Å². The van der Waals surface area contributed by atoms with Gasteiger partial charge in [0.2, 0.25) is 5.82 Å². The second-order valence-electron chi connectivity index (χ2n) is 6.53. The normalized spacial score (nSPS) is 15.0. The highest BCUT2D eigenvalue weighted by molar-refractivity contribution is 7.13. The molecule has 0 atom stereocenters. The molecule has 0 unspecified atom stereocenters. The molecule has 1 aliphatic rings. The van der Waals surface area contributed by atoms with Crippen LogP contribution >= 0.6 is 11.3 Å². The Kier molecular flexibility index (Phi) is 5.00. The Hall–Kier alpha value is -2.58. The number of nitrogens with zero attached hydrogens (tertiary/aromatic N) is 4. The molecule has 1 aromatic carbocycles. The molecule has 1 saturated heterocycles. The molecule has 1 fully saturated rings. The number of aromatic nitrogens is 3. The fraction of sp³-hybridized carbons (Fsp3) is 0.316. The van der Waals surface area contributed by atoms with Crippen LogP contribution in [0.2, 0.25) is 0 Å². The lowest BCUT2D eigenvalue weighted by atomic mass is 10.1.